The summed E-state index contributed by atoms with van der Waals surface area (Å²) in [6, 6.07) is 21.3. The number of methoxy groups -OCH3 is 1. The molecular weight excluding hydrogens is 749 g/mol. The van der Waals surface area contributed by atoms with Crippen LogP contribution in [0.15, 0.2) is 72.9 Å². The highest BCUT2D eigenvalue weighted by Crippen LogP contribution is 2.37. The molecule has 8 rings (SSSR count). The second kappa shape index (κ2) is 16.1. The highest BCUT2D eigenvalue weighted by molar-refractivity contribution is 6.06. The van der Waals surface area contributed by atoms with Crippen molar-refractivity contribution in [1.29, 1.82) is 0 Å². The van der Waals surface area contributed by atoms with Gasteiger partial charge in [-0.15, -0.1) is 0 Å². The maximum Gasteiger partial charge on any atom is 0.407 e. The quantitative estimate of drug-likeness (QED) is 0.0925. The van der Waals surface area contributed by atoms with Crippen LogP contribution < -0.4 is 10.6 Å². The van der Waals surface area contributed by atoms with E-state index in [1.807, 2.05) is 38.7 Å². The maximum atomic E-state index is 13.7. The van der Waals surface area contributed by atoms with E-state index in [9.17, 15) is 24.3 Å². The number of aromatic nitrogens is 4. The number of hydrogen-bond donors (Lipinski definition) is 5. The largest absolute Gasteiger partial charge is 0.465 e. The molecule has 4 atom stereocenters. The first-order valence-electron chi connectivity index (χ1n) is 20.4. The Morgan fingerprint density at radius 3 is 1.92 bits per heavy atom. The molecule has 0 saturated carbocycles. The first kappa shape index (κ1) is 39.4. The van der Waals surface area contributed by atoms with Crippen molar-refractivity contribution < 1.29 is 29.0 Å². The zero-order chi connectivity index (χ0) is 41.5. The molecule has 2 aliphatic rings. The normalized spacial score (nSPS) is 17.9. The molecule has 2 aromatic heterocycles. The Hall–Kier alpha value is -6.44. The SMILES string of the molecule is COC(=O)N[C@H](C(=O)N1CCC[C@H]1c1nc2ccc3cc(-c4ccc5cc(-c6cnc([C@@H]7CCCN7C(=O)[C@@H](NC(=O)O)C(C)C)[nH]6)ccc5c4)ccc3c2[nH]1)C(C)C. The molecule has 14 nitrogen and oxygen atoms in total. The van der Waals surface area contributed by atoms with E-state index < -0.39 is 24.3 Å². The molecule has 0 spiro atoms. The summed E-state index contributed by atoms with van der Waals surface area (Å²) in [5.41, 5.74) is 5.75. The Morgan fingerprint density at radius 1 is 0.729 bits per heavy atom. The van der Waals surface area contributed by atoms with Gasteiger partial charge in [0.05, 0.1) is 42.1 Å². The number of carboxylic acid groups (broad SMARTS) is 1. The number of rotatable bonds is 10. The molecule has 0 radical (unpaired) electrons. The lowest BCUT2D eigenvalue weighted by Crippen LogP contribution is -2.51. The smallest absolute Gasteiger partial charge is 0.407 e. The molecule has 4 amide bonds. The van der Waals surface area contributed by atoms with Crippen LogP contribution in [0.1, 0.15) is 77.1 Å². The molecule has 2 fully saturated rings. The molecule has 14 heteroatoms. The monoisotopic (exact) mass is 798 g/mol. The lowest BCUT2D eigenvalue weighted by Gasteiger charge is -2.29. The van der Waals surface area contributed by atoms with E-state index in [2.05, 4.69) is 86.2 Å². The van der Waals surface area contributed by atoms with Crippen molar-refractivity contribution in [2.75, 3.05) is 20.2 Å². The zero-order valence-electron chi connectivity index (χ0n) is 33.9. The summed E-state index contributed by atoms with van der Waals surface area (Å²) in [4.78, 5) is 70.8. The molecule has 0 aliphatic carbocycles. The topological polar surface area (TPSA) is 186 Å². The number of nitrogens with one attached hydrogen (secondary N) is 4. The summed E-state index contributed by atoms with van der Waals surface area (Å²) < 4.78 is 4.79. The van der Waals surface area contributed by atoms with Crippen LogP contribution in [0.25, 0.3) is 55.0 Å². The van der Waals surface area contributed by atoms with Crippen molar-refractivity contribution in [1.82, 2.24) is 40.4 Å². The highest BCUT2D eigenvalue weighted by atomic mass is 16.5. The second-order valence-corrected chi connectivity index (χ2v) is 16.4. The summed E-state index contributed by atoms with van der Waals surface area (Å²) in [7, 11) is 1.29. The Bertz CT molecular complexity index is 2580. The van der Waals surface area contributed by atoms with E-state index in [0.29, 0.717) is 18.9 Å². The summed E-state index contributed by atoms with van der Waals surface area (Å²) >= 11 is 0. The third-order valence-electron chi connectivity index (χ3n) is 11.9. The van der Waals surface area contributed by atoms with Crippen molar-refractivity contribution >= 4 is 56.6 Å². The van der Waals surface area contributed by atoms with Gasteiger partial charge in [-0.25, -0.2) is 19.6 Å². The van der Waals surface area contributed by atoms with Gasteiger partial charge in [-0.2, -0.15) is 0 Å². The molecule has 306 valence electrons. The first-order chi connectivity index (χ1) is 28.4. The van der Waals surface area contributed by atoms with Gasteiger partial charge in [-0.1, -0.05) is 70.2 Å². The average molecular weight is 799 g/mol. The van der Waals surface area contributed by atoms with E-state index in [1.165, 1.54) is 7.11 Å². The van der Waals surface area contributed by atoms with E-state index in [0.717, 1.165) is 86.5 Å². The van der Waals surface area contributed by atoms with Crippen molar-refractivity contribution in [2.45, 2.75) is 77.5 Å². The van der Waals surface area contributed by atoms with Gasteiger partial charge < -0.3 is 40.2 Å². The van der Waals surface area contributed by atoms with Crippen molar-refractivity contribution in [2.24, 2.45) is 11.8 Å². The molecule has 4 heterocycles. The van der Waals surface area contributed by atoms with Gasteiger partial charge in [0.15, 0.2) is 0 Å². The van der Waals surface area contributed by atoms with Crippen molar-refractivity contribution in [3.05, 3.63) is 84.6 Å². The number of amides is 4. The maximum absolute atomic E-state index is 13.7. The average Bonchev–Trinajstić information content (AvgIpc) is 4.07. The van der Waals surface area contributed by atoms with E-state index in [4.69, 9.17) is 9.72 Å². The van der Waals surface area contributed by atoms with Crippen LogP contribution in [0.2, 0.25) is 0 Å². The predicted octanol–water partition coefficient (Wildman–Crippen LogP) is 7.93. The van der Waals surface area contributed by atoms with Gasteiger partial charge in [0.25, 0.3) is 0 Å². The van der Waals surface area contributed by atoms with E-state index in [1.54, 1.807) is 11.1 Å². The fraction of sp³-hybridized carbons (Fsp3) is 0.378. The summed E-state index contributed by atoms with van der Waals surface area (Å²) in [6.45, 7) is 8.63. The molecule has 2 saturated heterocycles. The Morgan fingerprint density at radius 2 is 1.29 bits per heavy atom. The van der Waals surface area contributed by atoms with Crippen LogP contribution >= 0.6 is 0 Å². The lowest BCUT2D eigenvalue weighted by molar-refractivity contribution is -0.136. The summed E-state index contributed by atoms with van der Waals surface area (Å²) in [5, 5.41) is 18.7. The molecule has 6 aromatic rings. The minimum atomic E-state index is -1.21. The molecule has 5 N–H and O–H groups in total. The minimum absolute atomic E-state index is 0.113. The summed E-state index contributed by atoms with van der Waals surface area (Å²) in [6.07, 6.45) is 3.15. The number of imidazole rings is 2. The molecular formula is C45H50N8O6. The van der Waals surface area contributed by atoms with Crippen LogP contribution in [0.5, 0.6) is 0 Å². The van der Waals surface area contributed by atoms with Crippen LogP contribution in [0, 0.1) is 11.8 Å². The minimum Gasteiger partial charge on any atom is -0.465 e. The second-order valence-electron chi connectivity index (χ2n) is 16.4. The number of ether oxygens (including phenoxy) is 1. The van der Waals surface area contributed by atoms with Gasteiger partial charge >= 0.3 is 12.2 Å². The third kappa shape index (κ3) is 7.66. The Balaban J connectivity index is 1.00. The van der Waals surface area contributed by atoms with Crippen LogP contribution in [0.3, 0.4) is 0 Å². The number of benzene rings is 4. The predicted molar refractivity (Wildman–Crippen MR) is 225 cm³/mol. The van der Waals surface area contributed by atoms with Gasteiger partial charge in [0.2, 0.25) is 11.8 Å². The molecule has 2 aliphatic heterocycles. The third-order valence-corrected chi connectivity index (χ3v) is 11.9. The Labute approximate surface area is 341 Å². The first-order valence-corrected chi connectivity index (χ1v) is 20.4. The number of fused-ring (bicyclic) bond motifs is 4. The molecule has 0 unspecified atom stereocenters. The van der Waals surface area contributed by atoms with Crippen molar-refractivity contribution in [3.8, 4) is 22.4 Å². The lowest BCUT2D eigenvalue weighted by atomic mass is 9.97. The fourth-order valence-electron chi connectivity index (χ4n) is 8.74. The van der Waals surface area contributed by atoms with Gasteiger partial charge in [0, 0.05) is 24.0 Å². The number of aromatic amines is 2. The Kier molecular flexibility index (Phi) is 10.7. The van der Waals surface area contributed by atoms with Gasteiger partial charge in [-0.3, -0.25) is 9.59 Å². The summed E-state index contributed by atoms with van der Waals surface area (Å²) in [5.74, 6) is 0.766. The van der Waals surface area contributed by atoms with E-state index in [-0.39, 0.29) is 35.7 Å². The van der Waals surface area contributed by atoms with Crippen molar-refractivity contribution in [3.63, 3.8) is 0 Å². The zero-order valence-corrected chi connectivity index (χ0v) is 33.9. The van der Waals surface area contributed by atoms with Crippen LogP contribution in [0.4, 0.5) is 9.59 Å². The van der Waals surface area contributed by atoms with E-state index >= 15 is 0 Å². The number of carbonyl (C=O) groups is 4. The van der Waals surface area contributed by atoms with Gasteiger partial charge in [0.1, 0.15) is 23.7 Å². The molecule has 0 bridgehead atoms. The number of likely N-dealkylation sites (tertiary alicyclic amines) is 2. The number of H-pyrrole nitrogens is 2. The fourth-order valence-corrected chi connectivity index (χ4v) is 8.74. The number of carbonyl (C=O) groups excluding carboxylic acids is 3. The number of alkyl carbamates (subject to hydrolysis) is 1. The number of nitrogens with zero attached hydrogens (tertiary/aromatic N) is 4. The molecule has 59 heavy (non-hydrogen) atoms. The van der Waals surface area contributed by atoms with Crippen LogP contribution in [-0.4, -0.2) is 91.1 Å². The standard InChI is InChI=1S/C45H50N8O6/c1-24(2)37(50-44(56)57)42(54)52-18-6-8-35(52)40-46-23-34(48-40)31-13-12-27-20-26(10-11-28(27)22-31)29-14-16-32-30(21-29)15-17-33-39(32)49-41(47-33)36-9-7-19-53(36)43(55)38(25(3)4)51-45(58)59-5/h10-17,20-25,35-38,50H,6-9,18-19H2,1-5H3,(H,46,48)(H,47,49)(H,51,58)(H,56,57)/t35-,36-,37-,38-/m0/s1. The molecule has 4 aromatic carbocycles. The number of hydrogen-bond acceptors (Lipinski definition) is 7. The van der Waals surface area contributed by atoms with Crippen LogP contribution in [-0.2, 0) is 14.3 Å². The van der Waals surface area contributed by atoms with Gasteiger partial charge in [-0.05, 0) is 89.1 Å². The highest BCUT2D eigenvalue weighted by Gasteiger charge is 2.39.